The molecule has 2 aliphatic heterocycles. The van der Waals surface area contributed by atoms with Gasteiger partial charge in [-0.15, -0.1) is 5.10 Å². The molecule has 136 valence electrons. The molecule has 1 aliphatic carbocycles. The van der Waals surface area contributed by atoms with Crippen LogP contribution in [0, 0.1) is 5.92 Å². The molecule has 2 atom stereocenters. The van der Waals surface area contributed by atoms with E-state index < -0.39 is 0 Å². The van der Waals surface area contributed by atoms with Crippen molar-refractivity contribution in [2.45, 2.75) is 45.7 Å². The molecule has 0 aromatic heterocycles. The lowest BCUT2D eigenvalue weighted by Gasteiger charge is -2.38. The Bertz CT molecular complexity index is 905. The van der Waals surface area contributed by atoms with Crippen LogP contribution in [0.3, 0.4) is 0 Å². The molecule has 0 saturated carbocycles. The van der Waals surface area contributed by atoms with Crippen LogP contribution in [0.5, 0.6) is 0 Å². The lowest BCUT2D eigenvalue weighted by atomic mass is 9.87. The lowest BCUT2D eigenvalue weighted by molar-refractivity contribution is -0.116. The summed E-state index contributed by atoms with van der Waals surface area (Å²) in [5.74, 6) is 1.23. The Morgan fingerprint density at radius 3 is 2.96 bits per heavy atom. The number of allylic oxidation sites excluding steroid dienone is 2. The predicted molar refractivity (Wildman–Crippen MR) is 106 cm³/mol. The van der Waals surface area contributed by atoms with Crippen molar-refractivity contribution >= 4 is 28.5 Å². The van der Waals surface area contributed by atoms with Crippen molar-refractivity contribution < 1.29 is 4.79 Å². The molecular weight excluding hydrogens is 344 g/mol. The first-order valence-electron chi connectivity index (χ1n) is 9.32. The maximum absolute atomic E-state index is 12.9. The van der Waals surface area contributed by atoms with Gasteiger partial charge < -0.3 is 0 Å². The van der Waals surface area contributed by atoms with Crippen LogP contribution in [-0.4, -0.2) is 28.0 Å². The van der Waals surface area contributed by atoms with E-state index in [2.05, 4.69) is 25.2 Å². The average Bonchev–Trinajstić information content (AvgIpc) is 2.66. The van der Waals surface area contributed by atoms with Crippen LogP contribution in [0.2, 0.25) is 0 Å². The average molecular weight is 369 g/mol. The number of thioether (sulfide) groups is 1. The molecule has 6 heteroatoms. The largest absolute Gasteiger partial charge is 0.298 e. The Hall–Kier alpha value is -2.08. The molecule has 1 amide bonds. The molecule has 1 aromatic rings. The number of hydrogen-bond donors (Lipinski definition) is 1. The fraction of sp³-hybridized carbons (Fsp3) is 0.450. The van der Waals surface area contributed by atoms with E-state index in [9.17, 15) is 4.79 Å². The summed E-state index contributed by atoms with van der Waals surface area (Å²) >= 11 is 1.60. The van der Waals surface area contributed by atoms with Gasteiger partial charge in [0.2, 0.25) is 0 Å². The summed E-state index contributed by atoms with van der Waals surface area (Å²) in [6, 6.07) is 7.88. The zero-order chi connectivity index (χ0) is 18.1. The molecule has 0 bridgehead atoms. The summed E-state index contributed by atoms with van der Waals surface area (Å²) in [4.78, 5) is 17.9. The van der Waals surface area contributed by atoms with Crippen LogP contribution < -0.4 is 15.9 Å². The fourth-order valence-corrected chi connectivity index (χ4v) is 4.39. The molecule has 26 heavy (non-hydrogen) atoms. The maximum atomic E-state index is 12.9. The number of nitrogens with zero attached hydrogens (tertiary/aromatic N) is 3. The van der Waals surface area contributed by atoms with Gasteiger partial charge >= 0.3 is 0 Å². The number of amides is 1. The summed E-state index contributed by atoms with van der Waals surface area (Å²) in [7, 11) is 0. The first kappa shape index (κ1) is 17.3. The summed E-state index contributed by atoms with van der Waals surface area (Å²) < 4.78 is 0. The van der Waals surface area contributed by atoms with E-state index in [0.717, 1.165) is 42.0 Å². The topological polar surface area (TPSA) is 57.1 Å². The SMILES string of the molecule is CCCSC1=NN2C(=c3ccccc3=N[C@H]2[C@@H]2CC=C(C)CC2)C(=O)N1. The second-order valence-corrected chi connectivity index (χ2v) is 8.13. The zero-order valence-corrected chi connectivity index (χ0v) is 16.1. The van der Waals surface area contributed by atoms with Crippen molar-refractivity contribution in [3.8, 4) is 0 Å². The van der Waals surface area contributed by atoms with Crippen molar-refractivity contribution in [3.63, 3.8) is 0 Å². The molecule has 0 radical (unpaired) electrons. The molecule has 0 fully saturated rings. The summed E-state index contributed by atoms with van der Waals surface area (Å²) in [6.07, 6.45) is 6.39. The number of para-hydroxylation sites is 1. The van der Waals surface area contributed by atoms with Crippen LogP contribution in [-0.2, 0) is 4.79 Å². The molecule has 0 spiro atoms. The second-order valence-electron chi connectivity index (χ2n) is 7.05. The van der Waals surface area contributed by atoms with Gasteiger partial charge in [-0.25, -0.2) is 5.01 Å². The molecular formula is C20H24N4OS. The number of fused-ring (bicyclic) bond motifs is 2. The van der Waals surface area contributed by atoms with E-state index in [0.29, 0.717) is 16.8 Å². The molecule has 2 heterocycles. The minimum atomic E-state index is -0.118. The lowest BCUT2D eigenvalue weighted by Crippen LogP contribution is -2.54. The van der Waals surface area contributed by atoms with E-state index in [4.69, 9.17) is 10.1 Å². The Morgan fingerprint density at radius 1 is 1.35 bits per heavy atom. The van der Waals surface area contributed by atoms with Crippen molar-refractivity contribution in [3.05, 3.63) is 46.5 Å². The molecule has 1 N–H and O–H groups in total. The van der Waals surface area contributed by atoms with Crippen molar-refractivity contribution in [1.82, 2.24) is 10.3 Å². The van der Waals surface area contributed by atoms with Gasteiger partial charge in [-0.2, -0.15) is 0 Å². The Morgan fingerprint density at radius 2 is 2.19 bits per heavy atom. The van der Waals surface area contributed by atoms with Gasteiger partial charge in [0.1, 0.15) is 11.9 Å². The number of nitrogens with one attached hydrogen (secondary N) is 1. The van der Waals surface area contributed by atoms with Crippen molar-refractivity contribution in [2.75, 3.05) is 5.75 Å². The van der Waals surface area contributed by atoms with Crippen LogP contribution >= 0.6 is 11.8 Å². The monoisotopic (exact) mass is 368 g/mol. The number of hydrogen-bond acceptors (Lipinski definition) is 5. The Kier molecular flexibility index (Phi) is 4.85. The van der Waals surface area contributed by atoms with Crippen LogP contribution in [0.1, 0.15) is 39.5 Å². The third kappa shape index (κ3) is 3.18. The van der Waals surface area contributed by atoms with Gasteiger partial charge in [0, 0.05) is 16.9 Å². The van der Waals surface area contributed by atoms with E-state index in [1.807, 2.05) is 29.3 Å². The number of amidine groups is 1. The first-order chi connectivity index (χ1) is 12.7. The summed E-state index contributed by atoms with van der Waals surface area (Å²) in [5.41, 5.74) is 2.08. The first-order valence-corrected chi connectivity index (χ1v) is 10.3. The summed E-state index contributed by atoms with van der Waals surface area (Å²) in [5, 5.41) is 12.1. The number of benzene rings is 1. The minimum Gasteiger partial charge on any atom is -0.298 e. The van der Waals surface area contributed by atoms with Crippen LogP contribution in [0.4, 0.5) is 0 Å². The molecule has 4 rings (SSSR count). The smallest absolute Gasteiger partial charge is 0.276 e. The standard InChI is InChI=1S/C20H24N4OS/c1-3-12-26-20-22-19(25)17-15-6-4-5-7-16(15)21-18(24(17)23-20)14-10-8-13(2)9-11-14/h4-8,14,18H,3,9-12H2,1-2H3,(H,22,23,25)/t14-,18-/m1/s1. The Balaban J connectivity index is 1.80. The van der Waals surface area contributed by atoms with Gasteiger partial charge in [0.05, 0.1) is 5.36 Å². The highest BCUT2D eigenvalue weighted by atomic mass is 32.2. The van der Waals surface area contributed by atoms with Gasteiger partial charge in [-0.3, -0.25) is 15.1 Å². The fourth-order valence-electron chi connectivity index (χ4n) is 3.68. The molecule has 3 aliphatic rings. The second kappa shape index (κ2) is 7.27. The molecule has 1 aromatic carbocycles. The zero-order valence-electron chi connectivity index (χ0n) is 15.2. The maximum Gasteiger partial charge on any atom is 0.276 e. The van der Waals surface area contributed by atoms with E-state index in [1.54, 1.807) is 11.8 Å². The van der Waals surface area contributed by atoms with Crippen molar-refractivity contribution in [2.24, 2.45) is 16.0 Å². The number of rotatable bonds is 3. The highest BCUT2D eigenvalue weighted by Gasteiger charge is 2.37. The third-order valence-corrected chi connectivity index (χ3v) is 6.16. The number of hydrazone groups is 1. The highest BCUT2D eigenvalue weighted by Crippen LogP contribution is 2.32. The normalized spacial score (nSPS) is 24.8. The highest BCUT2D eigenvalue weighted by molar-refractivity contribution is 8.13. The van der Waals surface area contributed by atoms with E-state index in [-0.39, 0.29) is 12.1 Å². The Labute approximate surface area is 157 Å². The molecule has 0 saturated heterocycles. The quantitative estimate of drug-likeness (QED) is 0.833. The predicted octanol–water partition coefficient (Wildman–Crippen LogP) is 2.35. The van der Waals surface area contributed by atoms with Crippen LogP contribution in [0.15, 0.2) is 46.0 Å². The van der Waals surface area contributed by atoms with Crippen LogP contribution in [0.25, 0.3) is 5.70 Å². The molecule has 0 unspecified atom stereocenters. The van der Waals surface area contributed by atoms with Gasteiger partial charge in [0.25, 0.3) is 5.91 Å². The van der Waals surface area contributed by atoms with Gasteiger partial charge in [-0.05, 0) is 38.7 Å². The van der Waals surface area contributed by atoms with E-state index in [1.165, 1.54) is 5.57 Å². The number of carbonyl (C=O) groups excluding carboxylic acids is 1. The van der Waals surface area contributed by atoms with E-state index >= 15 is 0 Å². The third-order valence-electron chi connectivity index (χ3n) is 5.09. The summed E-state index contributed by atoms with van der Waals surface area (Å²) in [6.45, 7) is 4.31. The minimum absolute atomic E-state index is 0.0755. The van der Waals surface area contributed by atoms with Gasteiger partial charge in [-0.1, -0.05) is 48.5 Å². The molecule has 5 nitrogen and oxygen atoms in total. The number of carbonyl (C=O) groups is 1. The van der Waals surface area contributed by atoms with Gasteiger partial charge in [0.15, 0.2) is 5.17 Å². The van der Waals surface area contributed by atoms with Crippen molar-refractivity contribution in [1.29, 1.82) is 0 Å².